The third kappa shape index (κ3) is 13.8. The lowest BCUT2D eigenvalue weighted by atomic mass is 9.96. The molecule has 67 heavy (non-hydrogen) atoms. The van der Waals surface area contributed by atoms with Gasteiger partial charge >= 0.3 is 0 Å². The van der Waals surface area contributed by atoms with Gasteiger partial charge in [-0.15, -0.1) is 0 Å². The lowest BCUT2D eigenvalue weighted by Gasteiger charge is -2.32. The maximum Gasteiger partial charge on any atom is 0.246 e. The van der Waals surface area contributed by atoms with Crippen molar-refractivity contribution in [1.82, 2.24) is 36.4 Å². The Kier molecular flexibility index (Phi) is 18.3. The first-order valence-corrected chi connectivity index (χ1v) is 23.4. The minimum absolute atomic E-state index is 0.00176. The number of phenolic OH excluding ortho intramolecular Hbond substituents is 1. The summed E-state index contributed by atoms with van der Waals surface area (Å²) in [5.74, 6) is -5.99. The van der Waals surface area contributed by atoms with E-state index in [2.05, 4.69) is 26.6 Å². The SMILES string of the molecule is CC[C@@H](C)[C@@H]1NC(=O)[C@H](Cc2ccc(OCC=C(C)C)cc2)NC(=O)[C@@H]2CCCN2C(=O)[C@H](CC(N)=O)NC(=O)[C@@H]([C@@H](C)CC)NC(=O)[C@@H]2CCCN2C(=O)[C@H](Cc2ccc(O)cc2)NC1=O. The second-order valence-corrected chi connectivity index (χ2v) is 18.3. The van der Waals surface area contributed by atoms with Crippen molar-refractivity contribution in [3.63, 3.8) is 0 Å². The Bertz CT molecular complexity index is 2140. The highest BCUT2D eigenvalue weighted by Crippen LogP contribution is 2.24. The highest BCUT2D eigenvalue weighted by Gasteiger charge is 2.43. The third-order valence-corrected chi connectivity index (χ3v) is 13.0. The van der Waals surface area contributed by atoms with Crippen molar-refractivity contribution >= 4 is 47.3 Å². The van der Waals surface area contributed by atoms with E-state index in [4.69, 9.17) is 10.5 Å². The molecule has 3 fully saturated rings. The topological polar surface area (TPSA) is 259 Å². The number of primary amides is 1. The predicted octanol–water partition coefficient (Wildman–Crippen LogP) is 1.91. The Morgan fingerprint density at radius 2 is 1.12 bits per heavy atom. The van der Waals surface area contributed by atoms with Crippen LogP contribution in [-0.2, 0) is 51.2 Å². The van der Waals surface area contributed by atoms with Crippen molar-refractivity contribution in [2.24, 2.45) is 17.6 Å². The lowest BCUT2D eigenvalue weighted by molar-refractivity contribution is -0.144. The number of allylic oxidation sites excluding steroid dienone is 1. The van der Waals surface area contributed by atoms with Crippen LogP contribution in [0.4, 0.5) is 0 Å². The summed E-state index contributed by atoms with van der Waals surface area (Å²) in [5, 5.41) is 24.1. The van der Waals surface area contributed by atoms with Crippen molar-refractivity contribution < 1.29 is 48.2 Å². The number of amides is 8. The molecule has 0 aromatic heterocycles. The van der Waals surface area contributed by atoms with E-state index in [0.717, 1.165) is 5.57 Å². The molecule has 0 saturated carbocycles. The highest BCUT2D eigenvalue weighted by molar-refractivity contribution is 6.00. The minimum Gasteiger partial charge on any atom is -0.508 e. The van der Waals surface area contributed by atoms with Crippen LogP contribution in [0.3, 0.4) is 0 Å². The fourth-order valence-corrected chi connectivity index (χ4v) is 8.64. The number of phenols is 1. The van der Waals surface area contributed by atoms with E-state index in [-0.39, 0.29) is 44.5 Å². The summed E-state index contributed by atoms with van der Waals surface area (Å²) >= 11 is 0. The number of nitrogens with zero attached hydrogens (tertiary/aromatic N) is 2. The average Bonchev–Trinajstić information content (AvgIpc) is 4.00. The molecule has 3 aliphatic heterocycles. The van der Waals surface area contributed by atoms with Crippen LogP contribution in [-0.4, -0.2) is 124 Å². The Labute approximate surface area is 392 Å². The molecule has 0 spiro atoms. The number of ether oxygens (including phenoxy) is 1. The molecular weight excluding hydrogens is 861 g/mol. The Morgan fingerprint density at radius 1 is 0.672 bits per heavy atom. The number of carbonyl (C=O) groups excluding carboxylic acids is 8. The number of hydrogen-bond donors (Lipinski definition) is 7. The van der Waals surface area contributed by atoms with E-state index in [1.807, 2.05) is 33.8 Å². The van der Waals surface area contributed by atoms with Gasteiger partial charge in [0.25, 0.3) is 0 Å². The Hall–Kier alpha value is -6.46. The molecular formula is C49H68N8O10. The molecule has 2 aromatic carbocycles. The molecule has 2 aromatic rings. The molecule has 3 aliphatic rings. The number of fused-ring (bicyclic) bond motifs is 2. The average molecular weight is 929 g/mol. The van der Waals surface area contributed by atoms with Crippen LogP contribution < -0.4 is 37.1 Å². The number of rotatable bonds is 13. The van der Waals surface area contributed by atoms with Crippen molar-refractivity contribution in [2.75, 3.05) is 19.7 Å². The molecule has 364 valence electrons. The Balaban J connectivity index is 1.58. The molecule has 0 unspecified atom stereocenters. The summed E-state index contributed by atoms with van der Waals surface area (Å²) in [6.45, 7) is 11.7. The molecule has 9 atom stereocenters. The zero-order valence-corrected chi connectivity index (χ0v) is 39.5. The van der Waals surface area contributed by atoms with Gasteiger partial charge in [0.2, 0.25) is 47.3 Å². The van der Waals surface area contributed by atoms with Gasteiger partial charge in [-0.2, -0.15) is 0 Å². The van der Waals surface area contributed by atoms with Gasteiger partial charge in [-0.1, -0.05) is 70.4 Å². The second-order valence-electron chi connectivity index (χ2n) is 18.3. The summed E-state index contributed by atoms with van der Waals surface area (Å²) in [5.41, 5.74) is 7.94. The number of nitrogens with two attached hydrogens (primary N) is 1. The zero-order chi connectivity index (χ0) is 48.9. The predicted molar refractivity (Wildman–Crippen MR) is 249 cm³/mol. The maximum absolute atomic E-state index is 14.7. The van der Waals surface area contributed by atoms with Gasteiger partial charge in [-0.25, -0.2) is 0 Å². The molecule has 3 heterocycles. The number of aromatic hydroxyl groups is 1. The number of benzene rings is 2. The van der Waals surface area contributed by atoms with Crippen LogP contribution in [0.5, 0.6) is 11.5 Å². The van der Waals surface area contributed by atoms with Crippen LogP contribution in [0.15, 0.2) is 60.2 Å². The normalized spacial score (nSPS) is 25.5. The van der Waals surface area contributed by atoms with Crippen LogP contribution >= 0.6 is 0 Å². The molecule has 5 rings (SSSR count). The van der Waals surface area contributed by atoms with E-state index in [1.54, 1.807) is 50.2 Å². The molecule has 3 saturated heterocycles. The minimum atomic E-state index is -1.49. The van der Waals surface area contributed by atoms with Crippen LogP contribution in [0.25, 0.3) is 0 Å². The largest absolute Gasteiger partial charge is 0.508 e. The van der Waals surface area contributed by atoms with Crippen LogP contribution in [0, 0.1) is 11.8 Å². The summed E-state index contributed by atoms with van der Waals surface area (Å²) in [6.07, 6.45) is 3.44. The molecule has 0 bridgehead atoms. The fraction of sp³-hybridized carbons (Fsp3) is 0.551. The molecule has 18 nitrogen and oxygen atoms in total. The molecule has 8 N–H and O–H groups in total. The van der Waals surface area contributed by atoms with Crippen molar-refractivity contribution in [3.05, 3.63) is 71.3 Å². The molecule has 8 amide bonds. The second kappa shape index (κ2) is 23.8. The number of nitrogens with one attached hydrogen (secondary N) is 5. The summed E-state index contributed by atoms with van der Waals surface area (Å²) in [7, 11) is 0. The lowest BCUT2D eigenvalue weighted by Crippen LogP contribution is -2.61. The number of carbonyl (C=O) groups is 8. The quantitative estimate of drug-likeness (QED) is 0.144. The third-order valence-electron chi connectivity index (χ3n) is 13.0. The standard InChI is InChI=1S/C49H68N8O10/c1-7-29(5)41-46(63)52-36(26-31-13-17-33(58)18-14-31)48(65)57-23-10-12-39(57)45(62)55-42(30(6)8-2)47(64)53-37(27-40(50)59)49(66)56-22-9-11-38(56)44(61)51-35(43(60)54-41)25-32-15-19-34(20-16-32)67-24-21-28(3)4/h13-21,29-30,35-39,41-42,58H,7-12,22-27H2,1-6H3,(H2,50,59)(H,51,61)(H,52,63)(H,53,64)(H,54,60)(H,55,62)/t29-,30+,35+,36+,37+,38+,39+,41+,42-/m1/s1. The first kappa shape index (κ1) is 51.5. The first-order valence-electron chi connectivity index (χ1n) is 23.4. The zero-order valence-electron chi connectivity index (χ0n) is 39.5. The summed E-state index contributed by atoms with van der Waals surface area (Å²) in [4.78, 5) is 116. The summed E-state index contributed by atoms with van der Waals surface area (Å²) < 4.78 is 5.82. The molecule has 0 radical (unpaired) electrons. The van der Waals surface area contributed by atoms with Gasteiger partial charge in [0.15, 0.2) is 0 Å². The van der Waals surface area contributed by atoms with E-state index >= 15 is 0 Å². The smallest absolute Gasteiger partial charge is 0.246 e. The van der Waals surface area contributed by atoms with Crippen molar-refractivity contribution in [3.8, 4) is 11.5 Å². The van der Waals surface area contributed by atoms with E-state index in [1.165, 1.54) is 21.9 Å². The van der Waals surface area contributed by atoms with Gasteiger partial charge in [0.1, 0.15) is 60.4 Å². The van der Waals surface area contributed by atoms with Crippen molar-refractivity contribution in [1.29, 1.82) is 0 Å². The van der Waals surface area contributed by atoms with Gasteiger partial charge in [-0.3, -0.25) is 38.4 Å². The monoisotopic (exact) mass is 929 g/mol. The Morgan fingerprint density at radius 3 is 1.63 bits per heavy atom. The van der Waals surface area contributed by atoms with E-state index in [0.29, 0.717) is 49.2 Å². The molecule has 18 heteroatoms. The molecule has 0 aliphatic carbocycles. The van der Waals surface area contributed by atoms with Crippen LogP contribution in [0.1, 0.15) is 97.6 Å². The van der Waals surface area contributed by atoms with E-state index in [9.17, 15) is 43.5 Å². The van der Waals surface area contributed by atoms with Crippen molar-refractivity contribution in [2.45, 2.75) is 142 Å². The number of hydrogen-bond acceptors (Lipinski definition) is 10. The summed E-state index contributed by atoms with van der Waals surface area (Å²) in [6, 6.07) is 4.60. The fourth-order valence-electron chi connectivity index (χ4n) is 8.64. The first-order chi connectivity index (χ1) is 31.9. The van der Waals surface area contributed by atoms with E-state index < -0.39 is 108 Å². The van der Waals surface area contributed by atoms with Gasteiger partial charge in [-0.05, 0) is 92.8 Å². The van der Waals surface area contributed by atoms with Crippen LogP contribution in [0.2, 0.25) is 0 Å². The maximum atomic E-state index is 14.7. The van der Waals surface area contributed by atoms with Gasteiger partial charge in [0.05, 0.1) is 6.42 Å². The van der Waals surface area contributed by atoms with Gasteiger partial charge in [0, 0.05) is 25.9 Å². The van der Waals surface area contributed by atoms with Gasteiger partial charge < -0.3 is 52.0 Å². The highest BCUT2D eigenvalue weighted by atomic mass is 16.5.